The summed E-state index contributed by atoms with van der Waals surface area (Å²) >= 11 is 6.17. The van der Waals surface area contributed by atoms with Crippen LogP contribution in [0.4, 0.5) is 0 Å². The molecule has 18 heavy (non-hydrogen) atoms. The molecule has 1 aromatic rings. The molecule has 4 nitrogen and oxygen atoms in total. The molecule has 2 heterocycles. The van der Waals surface area contributed by atoms with Crippen molar-refractivity contribution in [1.82, 2.24) is 14.7 Å². The number of rotatable bonds is 2. The number of hydrogen-bond donors (Lipinski definition) is 1. The van der Waals surface area contributed by atoms with Gasteiger partial charge in [0.2, 0.25) is 0 Å². The van der Waals surface area contributed by atoms with E-state index in [1.807, 2.05) is 11.7 Å². The Bertz CT molecular complexity index is 411. The molecule has 100 valence electrons. The smallest absolute Gasteiger partial charge is 0.0831 e. The van der Waals surface area contributed by atoms with Gasteiger partial charge >= 0.3 is 0 Å². The second kappa shape index (κ2) is 4.83. The zero-order chi connectivity index (χ0) is 12.7. The Morgan fingerprint density at radius 1 is 1.44 bits per heavy atom. The maximum Gasteiger partial charge on any atom is 0.0831 e. The first-order chi connectivity index (χ1) is 8.65. The van der Waals surface area contributed by atoms with Gasteiger partial charge in [0.05, 0.1) is 16.9 Å². The highest BCUT2D eigenvalue weighted by Gasteiger charge is 2.38. The minimum Gasteiger partial charge on any atom is -0.327 e. The number of nitrogens with zero attached hydrogens (tertiary/aromatic N) is 3. The van der Waals surface area contributed by atoms with E-state index < -0.39 is 0 Å². The summed E-state index contributed by atoms with van der Waals surface area (Å²) in [5.74, 6) is 1.48. The molecule has 3 rings (SSSR count). The number of likely N-dealkylation sites (tertiary alicyclic amines) is 1. The van der Waals surface area contributed by atoms with Crippen LogP contribution in [0.1, 0.15) is 25.0 Å². The molecule has 1 aromatic heterocycles. The molecule has 5 heteroatoms. The van der Waals surface area contributed by atoms with E-state index in [-0.39, 0.29) is 0 Å². The Labute approximate surface area is 113 Å². The standard InChI is InChI=1S/C13H21ClN4/c1-17-13(11(14)5-16-17)8-18-6-9-3-2-4-12(15)10(9)7-18/h5,9-10,12H,2-4,6-8,15H2,1H3. The highest BCUT2D eigenvalue weighted by molar-refractivity contribution is 6.31. The predicted molar refractivity (Wildman–Crippen MR) is 72.3 cm³/mol. The number of aromatic nitrogens is 2. The van der Waals surface area contributed by atoms with Crippen molar-refractivity contribution in [2.24, 2.45) is 24.6 Å². The van der Waals surface area contributed by atoms with Crippen LogP contribution < -0.4 is 5.73 Å². The molecular formula is C13H21ClN4. The summed E-state index contributed by atoms with van der Waals surface area (Å²) in [5, 5.41) is 4.97. The first-order valence-electron chi connectivity index (χ1n) is 6.79. The largest absolute Gasteiger partial charge is 0.327 e. The molecule has 3 unspecified atom stereocenters. The molecule has 0 aromatic carbocycles. The van der Waals surface area contributed by atoms with Crippen LogP contribution in [0, 0.1) is 11.8 Å². The highest BCUT2D eigenvalue weighted by atomic mass is 35.5. The van der Waals surface area contributed by atoms with E-state index in [1.54, 1.807) is 6.20 Å². The van der Waals surface area contributed by atoms with Crippen LogP contribution in [0.25, 0.3) is 0 Å². The van der Waals surface area contributed by atoms with E-state index in [1.165, 1.54) is 25.8 Å². The van der Waals surface area contributed by atoms with Crippen LogP contribution in [0.15, 0.2) is 6.20 Å². The first kappa shape index (κ1) is 12.5. The fourth-order valence-electron chi connectivity index (χ4n) is 3.56. The molecule has 2 aliphatic rings. The molecule has 1 aliphatic heterocycles. The molecule has 0 amide bonds. The van der Waals surface area contributed by atoms with Crippen LogP contribution in [0.5, 0.6) is 0 Å². The summed E-state index contributed by atoms with van der Waals surface area (Å²) in [7, 11) is 1.95. The lowest BCUT2D eigenvalue weighted by Gasteiger charge is -2.29. The van der Waals surface area contributed by atoms with Gasteiger partial charge in [-0.3, -0.25) is 9.58 Å². The second-order valence-electron chi connectivity index (χ2n) is 5.78. The normalized spacial score (nSPS) is 32.7. The summed E-state index contributed by atoms with van der Waals surface area (Å²) < 4.78 is 1.88. The van der Waals surface area contributed by atoms with Crippen molar-refractivity contribution in [3.8, 4) is 0 Å². The van der Waals surface area contributed by atoms with Gasteiger partial charge in [-0.05, 0) is 24.7 Å². The van der Waals surface area contributed by atoms with Crippen molar-refractivity contribution in [3.63, 3.8) is 0 Å². The number of hydrogen-bond acceptors (Lipinski definition) is 3. The molecule has 1 saturated heterocycles. The molecule has 2 fully saturated rings. The molecule has 2 N–H and O–H groups in total. The lowest BCUT2D eigenvalue weighted by molar-refractivity contribution is 0.259. The molecular weight excluding hydrogens is 248 g/mol. The van der Waals surface area contributed by atoms with Crippen LogP contribution in [0.2, 0.25) is 5.02 Å². The molecule has 0 radical (unpaired) electrons. The number of fused-ring (bicyclic) bond motifs is 1. The third-order valence-corrected chi connectivity index (χ3v) is 4.93. The topological polar surface area (TPSA) is 47.1 Å². The van der Waals surface area contributed by atoms with Crippen LogP contribution >= 0.6 is 11.6 Å². The van der Waals surface area contributed by atoms with Gasteiger partial charge in [0.1, 0.15) is 0 Å². The minimum atomic E-state index is 0.399. The lowest BCUT2D eigenvalue weighted by Crippen LogP contribution is -2.38. The third kappa shape index (κ3) is 2.17. The fraction of sp³-hybridized carbons (Fsp3) is 0.769. The third-order valence-electron chi connectivity index (χ3n) is 4.61. The van der Waals surface area contributed by atoms with Gasteiger partial charge in [0.25, 0.3) is 0 Å². The average molecular weight is 269 g/mol. The zero-order valence-corrected chi connectivity index (χ0v) is 11.6. The average Bonchev–Trinajstić information content (AvgIpc) is 2.89. The van der Waals surface area contributed by atoms with E-state index in [0.717, 1.165) is 29.7 Å². The molecule has 1 aliphatic carbocycles. The summed E-state index contributed by atoms with van der Waals surface area (Å²) in [6, 6.07) is 0.399. The van der Waals surface area contributed by atoms with Gasteiger partial charge in [-0.2, -0.15) is 5.10 Å². The molecule has 0 spiro atoms. The summed E-state index contributed by atoms with van der Waals surface area (Å²) in [6.07, 6.45) is 5.56. The summed E-state index contributed by atoms with van der Waals surface area (Å²) in [6.45, 7) is 3.18. The summed E-state index contributed by atoms with van der Waals surface area (Å²) in [4.78, 5) is 2.49. The quantitative estimate of drug-likeness (QED) is 0.887. The van der Waals surface area contributed by atoms with E-state index in [0.29, 0.717) is 12.0 Å². The van der Waals surface area contributed by atoms with Crippen molar-refractivity contribution < 1.29 is 0 Å². The number of nitrogens with two attached hydrogens (primary N) is 1. The summed E-state index contributed by atoms with van der Waals surface area (Å²) in [5.41, 5.74) is 7.36. The minimum absolute atomic E-state index is 0.399. The highest BCUT2D eigenvalue weighted by Crippen LogP contribution is 2.36. The van der Waals surface area contributed by atoms with Gasteiger partial charge < -0.3 is 5.73 Å². The van der Waals surface area contributed by atoms with Crippen LogP contribution in [-0.2, 0) is 13.6 Å². The molecule has 1 saturated carbocycles. The van der Waals surface area contributed by atoms with Gasteiger partial charge in [-0.1, -0.05) is 18.0 Å². The van der Waals surface area contributed by atoms with Crippen LogP contribution in [-0.4, -0.2) is 33.8 Å². The lowest BCUT2D eigenvalue weighted by atomic mass is 9.78. The molecule has 3 atom stereocenters. The Hall–Kier alpha value is -0.580. The van der Waals surface area contributed by atoms with E-state index in [9.17, 15) is 0 Å². The van der Waals surface area contributed by atoms with Gasteiger partial charge in [0, 0.05) is 32.7 Å². The molecule has 0 bridgehead atoms. The van der Waals surface area contributed by atoms with Crippen molar-refractivity contribution in [1.29, 1.82) is 0 Å². The van der Waals surface area contributed by atoms with Gasteiger partial charge in [-0.25, -0.2) is 0 Å². The van der Waals surface area contributed by atoms with E-state index in [4.69, 9.17) is 17.3 Å². The second-order valence-corrected chi connectivity index (χ2v) is 6.18. The van der Waals surface area contributed by atoms with Crippen LogP contribution in [0.3, 0.4) is 0 Å². The van der Waals surface area contributed by atoms with E-state index in [2.05, 4.69) is 10.00 Å². The Kier molecular flexibility index (Phi) is 3.34. The number of halogens is 1. The van der Waals surface area contributed by atoms with E-state index >= 15 is 0 Å². The zero-order valence-electron chi connectivity index (χ0n) is 10.8. The van der Waals surface area contributed by atoms with Gasteiger partial charge in [-0.15, -0.1) is 0 Å². The van der Waals surface area contributed by atoms with Gasteiger partial charge in [0.15, 0.2) is 0 Å². The monoisotopic (exact) mass is 268 g/mol. The van der Waals surface area contributed by atoms with Crippen molar-refractivity contribution in [2.75, 3.05) is 13.1 Å². The Morgan fingerprint density at radius 2 is 2.28 bits per heavy atom. The Morgan fingerprint density at radius 3 is 2.94 bits per heavy atom. The maximum atomic E-state index is 6.25. The van der Waals surface area contributed by atoms with Crippen molar-refractivity contribution in [3.05, 3.63) is 16.9 Å². The first-order valence-corrected chi connectivity index (χ1v) is 7.17. The predicted octanol–water partition coefficient (Wildman–Crippen LogP) is 1.63. The SMILES string of the molecule is Cn1ncc(Cl)c1CN1CC2CCCC(N)C2C1. The Balaban J connectivity index is 1.69. The number of aryl methyl sites for hydroxylation is 1. The fourth-order valence-corrected chi connectivity index (χ4v) is 3.79. The maximum absolute atomic E-state index is 6.25. The van der Waals surface area contributed by atoms with Crippen molar-refractivity contribution in [2.45, 2.75) is 31.8 Å². The van der Waals surface area contributed by atoms with Crippen molar-refractivity contribution >= 4 is 11.6 Å².